The van der Waals surface area contributed by atoms with Gasteiger partial charge in [-0.2, -0.15) is 0 Å². The predicted molar refractivity (Wildman–Crippen MR) is 88.9 cm³/mol. The van der Waals surface area contributed by atoms with Crippen LogP contribution in [0.4, 0.5) is 0 Å². The van der Waals surface area contributed by atoms with Gasteiger partial charge in [0.2, 0.25) is 0 Å². The van der Waals surface area contributed by atoms with Crippen LogP contribution in [0.25, 0.3) is 0 Å². The Labute approximate surface area is 138 Å². The molecule has 0 saturated carbocycles. The molecular formula is C19H25NO3. The minimum Gasteiger partial charge on any atom is -0.493 e. The van der Waals surface area contributed by atoms with E-state index in [0.29, 0.717) is 23.8 Å². The second-order valence-corrected chi connectivity index (χ2v) is 6.48. The van der Waals surface area contributed by atoms with Crippen LogP contribution in [0.1, 0.15) is 43.4 Å². The fourth-order valence-electron chi connectivity index (χ4n) is 3.81. The molecular weight excluding hydrogens is 290 g/mol. The summed E-state index contributed by atoms with van der Waals surface area (Å²) in [5, 5.41) is 0. The van der Waals surface area contributed by atoms with Crippen molar-refractivity contribution in [2.24, 2.45) is 0 Å². The Morgan fingerprint density at radius 1 is 1.35 bits per heavy atom. The van der Waals surface area contributed by atoms with Crippen LogP contribution < -0.4 is 0 Å². The second kappa shape index (κ2) is 6.75. The van der Waals surface area contributed by atoms with Crippen molar-refractivity contribution in [1.29, 1.82) is 0 Å². The number of nitrogens with zero attached hydrogens (tertiary/aromatic N) is 1. The third kappa shape index (κ3) is 3.27. The summed E-state index contributed by atoms with van der Waals surface area (Å²) in [6.07, 6.45) is 3.10. The summed E-state index contributed by atoms with van der Waals surface area (Å²) in [5.74, 6) is 0.454. The second-order valence-electron chi connectivity index (χ2n) is 6.48. The number of benzene rings is 1. The Morgan fingerprint density at radius 2 is 2.13 bits per heavy atom. The summed E-state index contributed by atoms with van der Waals surface area (Å²) in [6.45, 7) is 5.98. The number of rotatable bonds is 4. The number of allylic oxidation sites excluding steroid dienone is 1. The molecule has 0 aromatic heterocycles. The van der Waals surface area contributed by atoms with Gasteiger partial charge in [-0.15, -0.1) is 0 Å². The van der Waals surface area contributed by atoms with E-state index in [1.807, 2.05) is 6.92 Å². The molecule has 0 N–H and O–H groups in total. The highest BCUT2D eigenvalue weighted by molar-refractivity contribution is 5.89. The number of carbonyl (C=O) groups excluding carboxylic acids is 1. The van der Waals surface area contributed by atoms with Crippen LogP contribution in [0.2, 0.25) is 0 Å². The molecule has 4 heteroatoms. The SMILES string of the molecule is COC(=O)C1=C(C)O[C@H](CN2CCC[C@H]2c2ccccc2C)C1. The Hall–Kier alpha value is -1.81. The van der Waals surface area contributed by atoms with Gasteiger partial charge in [-0.05, 0) is 44.4 Å². The first-order chi connectivity index (χ1) is 11.1. The van der Waals surface area contributed by atoms with Gasteiger partial charge in [-0.25, -0.2) is 4.79 Å². The Balaban J connectivity index is 1.67. The van der Waals surface area contributed by atoms with Crippen LogP contribution in [0, 0.1) is 6.92 Å². The highest BCUT2D eigenvalue weighted by atomic mass is 16.5. The van der Waals surface area contributed by atoms with E-state index in [1.165, 1.54) is 31.1 Å². The molecule has 2 aliphatic heterocycles. The van der Waals surface area contributed by atoms with E-state index < -0.39 is 0 Å². The molecule has 1 saturated heterocycles. The molecule has 0 amide bonds. The molecule has 3 rings (SSSR count). The van der Waals surface area contributed by atoms with Crippen molar-refractivity contribution < 1.29 is 14.3 Å². The number of hydrogen-bond donors (Lipinski definition) is 0. The molecule has 2 heterocycles. The zero-order valence-corrected chi connectivity index (χ0v) is 14.2. The van der Waals surface area contributed by atoms with Crippen molar-refractivity contribution in [2.75, 3.05) is 20.2 Å². The molecule has 0 bridgehead atoms. The topological polar surface area (TPSA) is 38.8 Å². The maximum atomic E-state index is 11.8. The van der Waals surface area contributed by atoms with Crippen LogP contribution in [-0.2, 0) is 14.3 Å². The standard InChI is InChI=1S/C19H25NO3/c1-13-7-4-5-8-16(13)18-9-6-10-20(18)12-15-11-17(14(2)23-15)19(21)22-3/h4-5,7-8,15,18H,6,9-12H2,1-3H3/t15-,18-/m0/s1. The summed E-state index contributed by atoms with van der Waals surface area (Å²) in [5.41, 5.74) is 3.45. The third-order valence-electron chi connectivity index (χ3n) is 4.98. The minimum atomic E-state index is -0.262. The monoisotopic (exact) mass is 315 g/mol. The van der Waals surface area contributed by atoms with Crippen LogP contribution in [0.5, 0.6) is 0 Å². The number of methoxy groups -OCH3 is 1. The number of hydrogen-bond acceptors (Lipinski definition) is 4. The third-order valence-corrected chi connectivity index (χ3v) is 4.98. The van der Waals surface area contributed by atoms with Crippen molar-refractivity contribution >= 4 is 5.97 Å². The van der Waals surface area contributed by atoms with Crippen LogP contribution >= 0.6 is 0 Å². The molecule has 2 atom stereocenters. The van der Waals surface area contributed by atoms with Crippen LogP contribution in [0.15, 0.2) is 35.6 Å². The Kier molecular flexibility index (Phi) is 4.71. The van der Waals surface area contributed by atoms with Crippen molar-refractivity contribution in [3.8, 4) is 0 Å². The normalized spacial score (nSPS) is 24.8. The average molecular weight is 315 g/mol. The molecule has 2 aliphatic rings. The summed E-state index contributed by atoms with van der Waals surface area (Å²) in [7, 11) is 1.42. The van der Waals surface area contributed by atoms with Gasteiger partial charge in [0, 0.05) is 19.0 Å². The number of esters is 1. The molecule has 0 radical (unpaired) electrons. The highest BCUT2D eigenvalue weighted by Gasteiger charge is 2.34. The van der Waals surface area contributed by atoms with Crippen molar-refractivity contribution in [3.05, 3.63) is 46.7 Å². The number of carbonyl (C=O) groups is 1. The van der Waals surface area contributed by atoms with Gasteiger partial charge in [-0.3, -0.25) is 4.90 Å². The van der Waals surface area contributed by atoms with E-state index in [0.717, 1.165) is 13.1 Å². The average Bonchev–Trinajstić information content (AvgIpc) is 3.14. The van der Waals surface area contributed by atoms with Gasteiger partial charge < -0.3 is 9.47 Å². The van der Waals surface area contributed by atoms with Gasteiger partial charge in [-0.1, -0.05) is 24.3 Å². The first kappa shape index (κ1) is 16.1. The summed E-state index contributed by atoms with van der Waals surface area (Å²) in [6, 6.07) is 9.08. The molecule has 23 heavy (non-hydrogen) atoms. The van der Waals surface area contributed by atoms with E-state index in [2.05, 4.69) is 36.1 Å². The largest absolute Gasteiger partial charge is 0.493 e. The van der Waals surface area contributed by atoms with E-state index in [9.17, 15) is 4.79 Å². The van der Waals surface area contributed by atoms with Gasteiger partial charge in [0.1, 0.15) is 11.9 Å². The molecule has 1 fully saturated rings. The minimum absolute atomic E-state index is 0.0497. The van der Waals surface area contributed by atoms with Gasteiger partial charge >= 0.3 is 5.97 Å². The first-order valence-electron chi connectivity index (χ1n) is 8.34. The highest BCUT2D eigenvalue weighted by Crippen LogP contribution is 2.35. The summed E-state index contributed by atoms with van der Waals surface area (Å²) in [4.78, 5) is 14.3. The fourth-order valence-corrected chi connectivity index (χ4v) is 3.81. The van der Waals surface area contributed by atoms with E-state index in [4.69, 9.17) is 9.47 Å². The van der Waals surface area contributed by atoms with Gasteiger partial charge in [0.05, 0.1) is 12.7 Å². The molecule has 0 aliphatic carbocycles. The molecule has 1 aromatic carbocycles. The number of aryl methyl sites for hydroxylation is 1. The van der Waals surface area contributed by atoms with Crippen molar-refractivity contribution in [3.63, 3.8) is 0 Å². The summed E-state index contributed by atoms with van der Waals surface area (Å²) < 4.78 is 10.7. The molecule has 0 unspecified atom stereocenters. The lowest BCUT2D eigenvalue weighted by Crippen LogP contribution is -2.32. The maximum absolute atomic E-state index is 11.8. The Bertz CT molecular complexity index is 623. The quantitative estimate of drug-likeness (QED) is 0.799. The lowest BCUT2D eigenvalue weighted by atomic mass is 9.99. The number of ether oxygens (including phenoxy) is 2. The van der Waals surface area contributed by atoms with Crippen molar-refractivity contribution in [2.45, 2.75) is 45.3 Å². The van der Waals surface area contributed by atoms with Gasteiger partial charge in [0.25, 0.3) is 0 Å². The molecule has 124 valence electrons. The van der Waals surface area contributed by atoms with Crippen LogP contribution in [0.3, 0.4) is 0 Å². The smallest absolute Gasteiger partial charge is 0.337 e. The zero-order chi connectivity index (χ0) is 16.4. The van der Waals surface area contributed by atoms with E-state index in [1.54, 1.807) is 0 Å². The first-order valence-corrected chi connectivity index (χ1v) is 8.34. The van der Waals surface area contributed by atoms with Crippen LogP contribution in [-0.4, -0.2) is 37.2 Å². The predicted octanol–water partition coefficient (Wildman–Crippen LogP) is 3.37. The zero-order valence-electron chi connectivity index (χ0n) is 14.2. The lowest BCUT2D eigenvalue weighted by molar-refractivity contribution is -0.136. The fraction of sp³-hybridized carbons (Fsp3) is 0.526. The maximum Gasteiger partial charge on any atom is 0.337 e. The van der Waals surface area contributed by atoms with E-state index >= 15 is 0 Å². The molecule has 4 nitrogen and oxygen atoms in total. The Morgan fingerprint density at radius 3 is 2.87 bits per heavy atom. The summed E-state index contributed by atoms with van der Waals surface area (Å²) >= 11 is 0. The van der Waals surface area contributed by atoms with Gasteiger partial charge in [0.15, 0.2) is 0 Å². The van der Waals surface area contributed by atoms with Crippen molar-refractivity contribution in [1.82, 2.24) is 4.90 Å². The molecule has 1 aromatic rings. The lowest BCUT2D eigenvalue weighted by Gasteiger charge is -2.28. The molecule has 0 spiro atoms. The number of likely N-dealkylation sites (tertiary alicyclic amines) is 1. The van der Waals surface area contributed by atoms with E-state index in [-0.39, 0.29) is 12.1 Å².